The van der Waals surface area contributed by atoms with Gasteiger partial charge in [0.05, 0.1) is 27.1 Å². The second-order valence-electron chi connectivity index (χ2n) is 2.61. The number of benzene rings is 1. The fourth-order valence-electron chi connectivity index (χ4n) is 1.23. The minimum Gasteiger partial charge on any atom is -0.267 e. The number of hydrogen-bond donors (Lipinski definition) is 0. The number of para-hydroxylation sites is 1. The molecule has 1 aromatic heterocycles. The van der Waals surface area contributed by atoms with Gasteiger partial charge < -0.3 is 0 Å². The van der Waals surface area contributed by atoms with Crippen molar-refractivity contribution in [1.29, 1.82) is 0 Å². The number of nitrogens with zero attached hydrogens (tertiary/aromatic N) is 2. The summed E-state index contributed by atoms with van der Waals surface area (Å²) in [5.41, 5.74) is 0.910. The molecule has 0 bridgehead atoms. The Kier molecular flexibility index (Phi) is 1.58. The van der Waals surface area contributed by atoms with Crippen molar-refractivity contribution in [1.82, 2.24) is 8.39 Å². The van der Waals surface area contributed by atoms with Gasteiger partial charge in [0, 0.05) is 7.05 Å². The molecule has 2 rings (SSSR count). The largest absolute Gasteiger partial charge is 0.275 e. The molecule has 12 heavy (non-hydrogen) atoms. The molecule has 0 aliphatic carbocycles. The molecule has 1 heterocycles. The summed E-state index contributed by atoms with van der Waals surface area (Å²) in [6.45, 7) is 0. The van der Waals surface area contributed by atoms with Gasteiger partial charge in [-0.25, -0.2) is 8.39 Å². The first-order valence-corrected chi connectivity index (χ1v) is 4.25. The van der Waals surface area contributed by atoms with E-state index in [0.29, 0.717) is 0 Å². The van der Waals surface area contributed by atoms with Crippen LogP contribution in [0.25, 0.3) is 10.9 Å². The molecule has 2 aromatic rings. The van der Waals surface area contributed by atoms with Crippen molar-refractivity contribution >= 4 is 27.1 Å². The van der Waals surface area contributed by atoms with E-state index < -0.39 is 0 Å². The molecule has 0 aliphatic heterocycles. The van der Waals surface area contributed by atoms with Crippen LogP contribution in [0.3, 0.4) is 0 Å². The van der Waals surface area contributed by atoms with Gasteiger partial charge in [0.1, 0.15) is 0 Å². The second kappa shape index (κ2) is 2.48. The van der Waals surface area contributed by atoms with Crippen LogP contribution in [0.5, 0.6) is 0 Å². The Morgan fingerprint density at radius 3 is 2.67 bits per heavy atom. The first-order valence-electron chi connectivity index (χ1n) is 3.54. The minimum atomic E-state index is 0.0162. The number of aromatic nitrogens is 2. The van der Waals surface area contributed by atoms with Crippen LogP contribution in [0, 0.1) is 0 Å². The molecule has 0 saturated heterocycles. The third-order valence-electron chi connectivity index (χ3n) is 1.89. The number of hydrogen-bond acceptors (Lipinski definition) is 1. The lowest BCUT2D eigenvalue weighted by molar-refractivity contribution is 0.724. The third-order valence-corrected chi connectivity index (χ3v) is 2.75. The molecule has 1 aromatic carbocycles. The Bertz CT molecular complexity index is 483. The Morgan fingerprint density at radius 1 is 1.33 bits per heavy atom. The molecule has 0 fully saturated rings. The quantitative estimate of drug-likeness (QED) is 0.669. The third kappa shape index (κ3) is 0.845. The predicted octanol–water partition coefficient (Wildman–Crippen LogP) is 1.50. The van der Waals surface area contributed by atoms with Crippen molar-refractivity contribution in [2.24, 2.45) is 7.05 Å². The summed E-state index contributed by atoms with van der Waals surface area (Å²) in [6, 6.07) is 7.47. The van der Waals surface area contributed by atoms with Crippen molar-refractivity contribution in [3.05, 3.63) is 34.6 Å². The highest BCUT2D eigenvalue weighted by molar-refractivity contribution is 9.08. The van der Waals surface area contributed by atoms with Crippen LogP contribution in [-0.4, -0.2) is 8.39 Å². The zero-order valence-electron chi connectivity index (χ0n) is 6.49. The van der Waals surface area contributed by atoms with E-state index in [9.17, 15) is 4.79 Å². The van der Waals surface area contributed by atoms with Crippen molar-refractivity contribution in [3.8, 4) is 0 Å². The average molecular weight is 227 g/mol. The van der Waals surface area contributed by atoms with E-state index in [1.165, 1.54) is 4.68 Å². The highest BCUT2D eigenvalue weighted by Crippen LogP contribution is 2.11. The van der Waals surface area contributed by atoms with Gasteiger partial charge in [-0.2, -0.15) is 0 Å². The van der Waals surface area contributed by atoms with Crippen molar-refractivity contribution in [2.45, 2.75) is 0 Å². The number of halogens is 1. The first kappa shape index (κ1) is 7.61. The minimum absolute atomic E-state index is 0.0162. The fourth-order valence-corrected chi connectivity index (χ4v) is 1.68. The van der Waals surface area contributed by atoms with E-state index in [4.69, 9.17) is 0 Å². The second-order valence-corrected chi connectivity index (χ2v) is 3.28. The monoisotopic (exact) mass is 226 g/mol. The van der Waals surface area contributed by atoms with E-state index in [1.807, 2.05) is 24.3 Å². The molecule has 0 unspecified atom stereocenters. The number of fused-ring (bicyclic) bond motifs is 1. The van der Waals surface area contributed by atoms with Crippen LogP contribution < -0.4 is 5.56 Å². The molecule has 0 saturated carbocycles. The fraction of sp³-hybridized carbons (Fsp3) is 0.125. The van der Waals surface area contributed by atoms with Gasteiger partial charge in [-0.05, 0) is 12.1 Å². The molecule has 0 amide bonds. The summed E-state index contributed by atoms with van der Waals surface area (Å²) >= 11 is 3.28. The lowest BCUT2D eigenvalue weighted by Gasteiger charge is -1.94. The summed E-state index contributed by atoms with van der Waals surface area (Å²) in [7, 11) is 1.72. The lowest BCUT2D eigenvalue weighted by Crippen LogP contribution is -2.14. The Labute approximate surface area is 77.5 Å². The molecular formula is C8H7BrN2O. The van der Waals surface area contributed by atoms with E-state index >= 15 is 0 Å². The molecule has 3 nitrogen and oxygen atoms in total. The van der Waals surface area contributed by atoms with Crippen LogP contribution in [0.15, 0.2) is 29.1 Å². The normalized spacial score (nSPS) is 10.8. The molecule has 0 N–H and O–H groups in total. The van der Waals surface area contributed by atoms with Crippen LogP contribution in [0.2, 0.25) is 0 Å². The van der Waals surface area contributed by atoms with Gasteiger partial charge in [-0.1, -0.05) is 12.1 Å². The standard InChI is InChI=1S/C8H7BrN2O/c1-10-8(12)6-4-2-3-5-7(6)11(10)9/h2-5H,1H3. The maximum atomic E-state index is 11.5. The van der Waals surface area contributed by atoms with Gasteiger partial charge in [0.15, 0.2) is 0 Å². The van der Waals surface area contributed by atoms with Gasteiger partial charge in [-0.3, -0.25) is 4.79 Å². The maximum Gasteiger partial charge on any atom is 0.275 e. The smallest absolute Gasteiger partial charge is 0.267 e. The van der Waals surface area contributed by atoms with Crippen molar-refractivity contribution < 1.29 is 0 Å². The van der Waals surface area contributed by atoms with E-state index in [-0.39, 0.29) is 5.56 Å². The van der Waals surface area contributed by atoms with Gasteiger partial charge >= 0.3 is 0 Å². The van der Waals surface area contributed by atoms with Gasteiger partial charge in [0.25, 0.3) is 5.56 Å². The van der Waals surface area contributed by atoms with Crippen molar-refractivity contribution in [2.75, 3.05) is 0 Å². The van der Waals surface area contributed by atoms with E-state index in [0.717, 1.165) is 10.9 Å². The molecule has 0 aliphatic rings. The zero-order valence-corrected chi connectivity index (χ0v) is 8.08. The van der Waals surface area contributed by atoms with Crippen molar-refractivity contribution in [3.63, 3.8) is 0 Å². The SMILES string of the molecule is Cn1c(=O)c2ccccc2n1Br. The Balaban J connectivity index is 3.09. The summed E-state index contributed by atoms with van der Waals surface area (Å²) in [5, 5.41) is 0.733. The highest BCUT2D eigenvalue weighted by Gasteiger charge is 2.06. The van der Waals surface area contributed by atoms with Crippen LogP contribution >= 0.6 is 16.1 Å². The molecular weight excluding hydrogens is 220 g/mol. The highest BCUT2D eigenvalue weighted by atomic mass is 79.9. The van der Waals surface area contributed by atoms with E-state index in [1.54, 1.807) is 10.8 Å². The average Bonchev–Trinajstić information content (AvgIpc) is 2.33. The Morgan fingerprint density at radius 2 is 2.00 bits per heavy atom. The number of rotatable bonds is 0. The Hall–Kier alpha value is -1.03. The van der Waals surface area contributed by atoms with E-state index in [2.05, 4.69) is 16.1 Å². The van der Waals surface area contributed by atoms with Crippen LogP contribution in [0.4, 0.5) is 0 Å². The van der Waals surface area contributed by atoms with Gasteiger partial charge in [0.2, 0.25) is 0 Å². The summed E-state index contributed by atoms with van der Waals surface area (Å²) in [5.74, 6) is 0. The first-order chi connectivity index (χ1) is 5.72. The summed E-state index contributed by atoms with van der Waals surface area (Å²) in [6.07, 6.45) is 0. The summed E-state index contributed by atoms with van der Waals surface area (Å²) < 4.78 is 3.18. The molecule has 0 spiro atoms. The molecule has 62 valence electrons. The van der Waals surface area contributed by atoms with Crippen LogP contribution in [-0.2, 0) is 7.05 Å². The lowest BCUT2D eigenvalue weighted by atomic mass is 10.3. The van der Waals surface area contributed by atoms with Gasteiger partial charge in [-0.15, -0.1) is 0 Å². The molecule has 0 radical (unpaired) electrons. The zero-order chi connectivity index (χ0) is 8.72. The van der Waals surface area contributed by atoms with Crippen LogP contribution in [0.1, 0.15) is 0 Å². The molecule has 0 atom stereocenters. The maximum absolute atomic E-state index is 11.5. The predicted molar refractivity (Wildman–Crippen MR) is 51.5 cm³/mol. The summed E-state index contributed by atoms with van der Waals surface area (Å²) in [4.78, 5) is 11.5. The topological polar surface area (TPSA) is 26.9 Å². The molecule has 4 heteroatoms.